The van der Waals surface area contributed by atoms with Gasteiger partial charge in [0.15, 0.2) is 0 Å². The van der Waals surface area contributed by atoms with Crippen LogP contribution in [0, 0.1) is 0 Å². The Bertz CT molecular complexity index is 855. The van der Waals surface area contributed by atoms with E-state index in [1.165, 1.54) is 4.90 Å². The van der Waals surface area contributed by atoms with E-state index in [1.54, 1.807) is 48.3 Å². The lowest BCUT2D eigenvalue weighted by Gasteiger charge is -2.28. The Labute approximate surface area is 172 Å². The van der Waals surface area contributed by atoms with Gasteiger partial charge in [0.05, 0.1) is 6.54 Å². The maximum Gasteiger partial charge on any atom is 0.254 e. The summed E-state index contributed by atoms with van der Waals surface area (Å²) < 4.78 is 0.891. The summed E-state index contributed by atoms with van der Waals surface area (Å²) in [6, 6.07) is 15.6. The van der Waals surface area contributed by atoms with Crippen molar-refractivity contribution >= 4 is 39.3 Å². The molecule has 0 radical (unpaired) electrons. The molecule has 1 heterocycles. The van der Waals surface area contributed by atoms with Crippen LogP contribution in [-0.4, -0.2) is 53.7 Å². The van der Waals surface area contributed by atoms with Gasteiger partial charge in [-0.3, -0.25) is 14.4 Å². The Morgan fingerprint density at radius 2 is 1.79 bits per heavy atom. The van der Waals surface area contributed by atoms with Gasteiger partial charge in [-0.25, -0.2) is 0 Å². The number of nitrogens with zero attached hydrogens (tertiary/aromatic N) is 2. The summed E-state index contributed by atoms with van der Waals surface area (Å²) >= 11 is 3.36. The van der Waals surface area contributed by atoms with Gasteiger partial charge in [0.25, 0.3) is 5.91 Å². The first-order valence-corrected chi connectivity index (χ1v) is 9.91. The lowest BCUT2D eigenvalue weighted by Crippen LogP contribution is -2.48. The van der Waals surface area contributed by atoms with Crippen molar-refractivity contribution in [3.05, 3.63) is 64.6 Å². The smallest absolute Gasteiger partial charge is 0.254 e. The quantitative estimate of drug-likeness (QED) is 0.771. The van der Waals surface area contributed by atoms with E-state index in [0.717, 1.165) is 10.9 Å². The molecule has 2 aromatic rings. The standard InChI is InChI=1S/C21H22BrN3O3/c1-24(14-19(26)23-17-6-3-2-4-7-17)21(28)18-8-5-13-25(18)20(27)15-9-11-16(22)12-10-15/h2-4,6-7,9-12,18H,5,8,13-14H2,1H3,(H,23,26). The molecule has 3 rings (SSSR count). The first kappa shape index (κ1) is 20.1. The highest BCUT2D eigenvalue weighted by Crippen LogP contribution is 2.22. The third-order valence-electron chi connectivity index (χ3n) is 4.70. The molecule has 0 bridgehead atoms. The molecule has 2 aromatic carbocycles. The zero-order chi connectivity index (χ0) is 20.1. The third kappa shape index (κ3) is 4.78. The number of carbonyl (C=O) groups is 3. The second-order valence-corrected chi connectivity index (χ2v) is 7.69. The normalized spacial score (nSPS) is 15.9. The molecule has 1 N–H and O–H groups in total. The second-order valence-electron chi connectivity index (χ2n) is 6.77. The van der Waals surface area contributed by atoms with Gasteiger partial charge in [0, 0.05) is 29.3 Å². The first-order chi connectivity index (χ1) is 13.5. The molecule has 3 amide bonds. The molecule has 1 unspecified atom stereocenters. The van der Waals surface area contributed by atoms with E-state index in [-0.39, 0.29) is 24.3 Å². The van der Waals surface area contributed by atoms with Crippen LogP contribution in [0.3, 0.4) is 0 Å². The molecule has 0 saturated carbocycles. The second kappa shape index (κ2) is 9.01. The van der Waals surface area contributed by atoms with E-state index in [9.17, 15) is 14.4 Å². The van der Waals surface area contributed by atoms with Crippen molar-refractivity contribution < 1.29 is 14.4 Å². The predicted octanol–water partition coefficient (Wildman–Crippen LogP) is 3.15. The molecule has 0 aromatic heterocycles. The monoisotopic (exact) mass is 443 g/mol. The zero-order valence-electron chi connectivity index (χ0n) is 15.6. The van der Waals surface area contributed by atoms with Gasteiger partial charge >= 0.3 is 0 Å². The molecule has 1 aliphatic heterocycles. The van der Waals surface area contributed by atoms with E-state index in [1.807, 2.05) is 18.2 Å². The summed E-state index contributed by atoms with van der Waals surface area (Å²) in [5.41, 5.74) is 1.23. The number of para-hydroxylation sites is 1. The number of hydrogen-bond acceptors (Lipinski definition) is 3. The van der Waals surface area contributed by atoms with Gasteiger partial charge < -0.3 is 15.1 Å². The van der Waals surface area contributed by atoms with Crippen molar-refractivity contribution in [1.82, 2.24) is 9.80 Å². The SMILES string of the molecule is CN(CC(=O)Nc1ccccc1)C(=O)C1CCCN1C(=O)c1ccc(Br)cc1. The van der Waals surface area contributed by atoms with E-state index < -0.39 is 6.04 Å². The van der Waals surface area contributed by atoms with Crippen molar-refractivity contribution in [1.29, 1.82) is 0 Å². The molecular formula is C21H22BrN3O3. The van der Waals surface area contributed by atoms with Crippen LogP contribution in [0.4, 0.5) is 5.69 Å². The van der Waals surface area contributed by atoms with Crippen LogP contribution in [0.5, 0.6) is 0 Å². The molecular weight excluding hydrogens is 422 g/mol. The van der Waals surface area contributed by atoms with Crippen molar-refractivity contribution in [2.75, 3.05) is 25.5 Å². The molecule has 1 fully saturated rings. The molecule has 0 spiro atoms. The van der Waals surface area contributed by atoms with Crippen molar-refractivity contribution in [2.24, 2.45) is 0 Å². The van der Waals surface area contributed by atoms with E-state index >= 15 is 0 Å². The van der Waals surface area contributed by atoms with Gasteiger partial charge in [-0.15, -0.1) is 0 Å². The lowest BCUT2D eigenvalue weighted by molar-refractivity contribution is -0.136. The van der Waals surface area contributed by atoms with Gasteiger partial charge in [0.1, 0.15) is 6.04 Å². The zero-order valence-corrected chi connectivity index (χ0v) is 17.2. The highest BCUT2D eigenvalue weighted by atomic mass is 79.9. The molecule has 1 atom stereocenters. The molecule has 0 aliphatic carbocycles. The third-order valence-corrected chi connectivity index (χ3v) is 5.23. The van der Waals surface area contributed by atoms with Crippen LogP contribution in [-0.2, 0) is 9.59 Å². The van der Waals surface area contributed by atoms with Gasteiger partial charge in [-0.1, -0.05) is 34.1 Å². The predicted molar refractivity (Wildman–Crippen MR) is 111 cm³/mol. The number of hydrogen-bond donors (Lipinski definition) is 1. The Kier molecular flexibility index (Phi) is 6.46. The van der Waals surface area contributed by atoms with E-state index in [2.05, 4.69) is 21.2 Å². The summed E-state index contributed by atoms with van der Waals surface area (Å²) in [5, 5.41) is 2.77. The maximum absolute atomic E-state index is 12.9. The number of likely N-dealkylation sites (N-methyl/N-ethyl adjacent to an activating group) is 1. The molecule has 1 aliphatic rings. The van der Waals surface area contributed by atoms with Crippen LogP contribution in [0.1, 0.15) is 23.2 Å². The summed E-state index contributed by atoms with van der Waals surface area (Å²) in [6.45, 7) is 0.472. The van der Waals surface area contributed by atoms with E-state index in [4.69, 9.17) is 0 Å². The minimum atomic E-state index is -0.536. The maximum atomic E-state index is 12.9. The van der Waals surface area contributed by atoms with Crippen LogP contribution < -0.4 is 5.32 Å². The Hall–Kier alpha value is -2.67. The van der Waals surface area contributed by atoms with E-state index in [0.29, 0.717) is 24.2 Å². The molecule has 6 nitrogen and oxygen atoms in total. The number of anilines is 1. The van der Waals surface area contributed by atoms with Gasteiger partial charge in [0.2, 0.25) is 11.8 Å². The molecule has 7 heteroatoms. The summed E-state index contributed by atoms with van der Waals surface area (Å²) in [4.78, 5) is 40.9. The van der Waals surface area contributed by atoms with Crippen LogP contribution in [0.2, 0.25) is 0 Å². The highest BCUT2D eigenvalue weighted by Gasteiger charge is 2.36. The minimum Gasteiger partial charge on any atom is -0.335 e. The fraction of sp³-hybridized carbons (Fsp3) is 0.286. The topological polar surface area (TPSA) is 69.7 Å². The number of amides is 3. The van der Waals surface area contributed by atoms with Crippen LogP contribution in [0.25, 0.3) is 0 Å². The largest absolute Gasteiger partial charge is 0.335 e. The first-order valence-electron chi connectivity index (χ1n) is 9.12. The van der Waals surface area contributed by atoms with Crippen molar-refractivity contribution in [2.45, 2.75) is 18.9 Å². The van der Waals surface area contributed by atoms with Gasteiger partial charge in [-0.05, 0) is 49.2 Å². The Morgan fingerprint density at radius 1 is 1.11 bits per heavy atom. The summed E-state index contributed by atoms with van der Waals surface area (Å²) in [6.07, 6.45) is 1.37. The minimum absolute atomic E-state index is 0.0649. The van der Waals surface area contributed by atoms with Crippen molar-refractivity contribution in [3.63, 3.8) is 0 Å². The van der Waals surface area contributed by atoms with Crippen LogP contribution >= 0.6 is 15.9 Å². The summed E-state index contributed by atoms with van der Waals surface area (Å²) in [5.74, 6) is -0.650. The fourth-order valence-corrected chi connectivity index (χ4v) is 3.56. The molecule has 28 heavy (non-hydrogen) atoms. The average molecular weight is 444 g/mol. The fourth-order valence-electron chi connectivity index (χ4n) is 3.29. The number of likely N-dealkylation sites (tertiary alicyclic amines) is 1. The Balaban J connectivity index is 1.62. The molecule has 146 valence electrons. The number of rotatable bonds is 5. The van der Waals surface area contributed by atoms with Crippen molar-refractivity contribution in [3.8, 4) is 0 Å². The number of halogens is 1. The number of benzene rings is 2. The number of nitrogens with one attached hydrogen (secondary N) is 1. The lowest BCUT2D eigenvalue weighted by atomic mass is 10.1. The average Bonchev–Trinajstić information content (AvgIpc) is 3.17. The van der Waals surface area contributed by atoms with Gasteiger partial charge in [-0.2, -0.15) is 0 Å². The summed E-state index contributed by atoms with van der Waals surface area (Å²) in [7, 11) is 1.59. The highest BCUT2D eigenvalue weighted by molar-refractivity contribution is 9.10. The molecule has 1 saturated heterocycles. The van der Waals surface area contributed by atoms with Crippen LogP contribution in [0.15, 0.2) is 59.1 Å². The number of carbonyl (C=O) groups excluding carboxylic acids is 3. The Morgan fingerprint density at radius 3 is 2.46 bits per heavy atom.